The van der Waals surface area contributed by atoms with E-state index in [9.17, 15) is 18.4 Å². The van der Waals surface area contributed by atoms with E-state index in [0.29, 0.717) is 29.6 Å². The molecule has 0 aliphatic carbocycles. The molecule has 0 radical (unpaired) electrons. The number of ether oxygens (including phenoxy) is 1. The molecule has 0 unspecified atom stereocenters. The molecule has 0 bridgehead atoms. The lowest BCUT2D eigenvalue weighted by Gasteiger charge is -2.09. The maximum absolute atomic E-state index is 14.9. The molecule has 0 spiro atoms. The Bertz CT molecular complexity index is 1120. The molecule has 0 aliphatic heterocycles. The monoisotopic (exact) mass is 414 g/mol. The highest BCUT2D eigenvalue weighted by Crippen LogP contribution is 2.23. The van der Waals surface area contributed by atoms with Gasteiger partial charge in [-0.05, 0) is 42.0 Å². The van der Waals surface area contributed by atoms with Gasteiger partial charge in [0.1, 0.15) is 22.7 Å². The van der Waals surface area contributed by atoms with Gasteiger partial charge in [0.05, 0.1) is 5.56 Å². The van der Waals surface area contributed by atoms with Gasteiger partial charge in [0.25, 0.3) is 0 Å². The van der Waals surface area contributed by atoms with Crippen LogP contribution in [0.15, 0.2) is 45.6 Å². The Morgan fingerprint density at radius 1 is 1.00 bits per heavy atom. The molecule has 158 valence electrons. The molecular formula is C24H24F2O4. The van der Waals surface area contributed by atoms with Crippen LogP contribution in [0.1, 0.15) is 61.2 Å². The number of unbranched alkanes of at least 4 members (excludes halogenated alkanes) is 2. The van der Waals surface area contributed by atoms with Gasteiger partial charge in [-0.3, -0.25) is 0 Å². The van der Waals surface area contributed by atoms with Gasteiger partial charge >= 0.3 is 11.6 Å². The van der Waals surface area contributed by atoms with E-state index in [1.807, 2.05) is 6.92 Å². The molecule has 0 aliphatic rings. The van der Waals surface area contributed by atoms with Crippen LogP contribution in [0.25, 0.3) is 10.8 Å². The van der Waals surface area contributed by atoms with Crippen LogP contribution < -0.4 is 10.4 Å². The van der Waals surface area contributed by atoms with Gasteiger partial charge in [0, 0.05) is 12.5 Å². The number of rotatable bonds is 8. The maximum Gasteiger partial charge on any atom is 0.346 e. The zero-order valence-corrected chi connectivity index (χ0v) is 17.1. The molecule has 0 saturated carbocycles. The van der Waals surface area contributed by atoms with Gasteiger partial charge in [-0.2, -0.15) is 0 Å². The van der Waals surface area contributed by atoms with Crippen molar-refractivity contribution < 1.29 is 22.7 Å². The number of carbonyl (C=O) groups is 1. The quantitative estimate of drug-likeness (QED) is 0.259. The van der Waals surface area contributed by atoms with Crippen molar-refractivity contribution in [1.82, 2.24) is 0 Å². The summed E-state index contributed by atoms with van der Waals surface area (Å²) in [6.45, 7) is 4.00. The van der Waals surface area contributed by atoms with E-state index in [2.05, 4.69) is 6.92 Å². The molecule has 0 N–H and O–H groups in total. The number of hydrogen-bond acceptors (Lipinski definition) is 4. The van der Waals surface area contributed by atoms with Crippen LogP contribution in [-0.2, 0) is 12.8 Å². The van der Waals surface area contributed by atoms with Crippen LogP contribution in [0.2, 0.25) is 0 Å². The van der Waals surface area contributed by atoms with Crippen LogP contribution in [0.3, 0.4) is 0 Å². The highest BCUT2D eigenvalue weighted by atomic mass is 19.1. The Morgan fingerprint density at radius 2 is 1.80 bits per heavy atom. The Balaban J connectivity index is 1.87. The van der Waals surface area contributed by atoms with Crippen molar-refractivity contribution in [2.24, 2.45) is 0 Å². The minimum atomic E-state index is -1.01. The fraction of sp³-hybridized carbons (Fsp3) is 0.333. The molecule has 6 heteroatoms. The van der Waals surface area contributed by atoms with Crippen LogP contribution in [0.4, 0.5) is 8.78 Å². The van der Waals surface area contributed by atoms with Crippen molar-refractivity contribution in [2.45, 2.75) is 52.4 Å². The number of benzene rings is 2. The fourth-order valence-corrected chi connectivity index (χ4v) is 3.35. The molecule has 0 saturated heterocycles. The van der Waals surface area contributed by atoms with Gasteiger partial charge in [-0.15, -0.1) is 0 Å². The zero-order valence-electron chi connectivity index (χ0n) is 17.1. The Morgan fingerprint density at radius 3 is 2.50 bits per heavy atom. The van der Waals surface area contributed by atoms with Crippen molar-refractivity contribution >= 4 is 16.7 Å². The highest BCUT2D eigenvalue weighted by molar-refractivity contribution is 5.96. The van der Waals surface area contributed by atoms with Gasteiger partial charge in [-0.1, -0.05) is 45.2 Å². The molecule has 4 nitrogen and oxygen atoms in total. The second-order valence-electron chi connectivity index (χ2n) is 7.24. The highest BCUT2D eigenvalue weighted by Gasteiger charge is 2.20. The summed E-state index contributed by atoms with van der Waals surface area (Å²) >= 11 is 0. The summed E-state index contributed by atoms with van der Waals surface area (Å²) in [6, 6.07) is 8.46. The first-order valence-electron chi connectivity index (χ1n) is 10.2. The molecule has 3 rings (SSSR count). The maximum atomic E-state index is 14.9. The van der Waals surface area contributed by atoms with Crippen LogP contribution in [-0.4, -0.2) is 5.97 Å². The minimum Gasteiger partial charge on any atom is -0.427 e. The number of halogens is 2. The number of fused-ring (bicyclic) bond motifs is 1. The van der Waals surface area contributed by atoms with Crippen molar-refractivity contribution in [1.29, 1.82) is 0 Å². The third-order valence-corrected chi connectivity index (χ3v) is 4.92. The van der Waals surface area contributed by atoms with E-state index in [0.717, 1.165) is 31.7 Å². The number of aryl methyl sites for hydroxylation is 2. The second kappa shape index (κ2) is 9.65. The number of esters is 1. The predicted octanol–water partition coefficient (Wildman–Crippen LogP) is 5.98. The minimum absolute atomic E-state index is 0.0323. The van der Waals surface area contributed by atoms with E-state index in [1.54, 1.807) is 6.07 Å². The lowest BCUT2D eigenvalue weighted by molar-refractivity contribution is 0.0730. The van der Waals surface area contributed by atoms with E-state index < -0.39 is 28.8 Å². The van der Waals surface area contributed by atoms with Gasteiger partial charge in [0.2, 0.25) is 0 Å². The third-order valence-electron chi connectivity index (χ3n) is 4.92. The van der Waals surface area contributed by atoms with Gasteiger partial charge < -0.3 is 9.15 Å². The zero-order chi connectivity index (χ0) is 21.7. The Kier molecular flexibility index (Phi) is 6.98. The smallest absolute Gasteiger partial charge is 0.346 e. The van der Waals surface area contributed by atoms with Crippen LogP contribution in [0, 0.1) is 11.6 Å². The van der Waals surface area contributed by atoms with Crippen molar-refractivity contribution in [3.05, 3.63) is 75.3 Å². The second-order valence-corrected chi connectivity index (χ2v) is 7.24. The van der Waals surface area contributed by atoms with E-state index in [4.69, 9.17) is 9.15 Å². The summed E-state index contributed by atoms with van der Waals surface area (Å²) in [5.74, 6) is -2.05. The Hall–Kier alpha value is -3.02. The fourth-order valence-electron chi connectivity index (χ4n) is 3.35. The first-order chi connectivity index (χ1) is 14.4. The molecule has 1 aromatic heterocycles. The Labute approximate surface area is 173 Å². The summed E-state index contributed by atoms with van der Waals surface area (Å²) in [6.07, 6.45) is 4.83. The lowest BCUT2D eigenvalue weighted by atomic mass is 10.1. The molecule has 2 aromatic carbocycles. The SMILES string of the molecule is CCCCCc1cc2ccc(C(=O)Oc3ccc(CCC)c(F)c3)c(F)c2c(=O)o1. The average molecular weight is 414 g/mol. The number of carbonyl (C=O) groups excluding carboxylic acids is 1. The predicted molar refractivity (Wildman–Crippen MR) is 111 cm³/mol. The lowest BCUT2D eigenvalue weighted by Crippen LogP contribution is -2.14. The largest absolute Gasteiger partial charge is 0.427 e. The van der Waals surface area contributed by atoms with Crippen LogP contribution in [0.5, 0.6) is 5.75 Å². The van der Waals surface area contributed by atoms with Gasteiger partial charge in [-0.25, -0.2) is 18.4 Å². The van der Waals surface area contributed by atoms with Crippen molar-refractivity contribution in [3.8, 4) is 5.75 Å². The molecular weight excluding hydrogens is 390 g/mol. The van der Waals surface area contributed by atoms with Crippen molar-refractivity contribution in [3.63, 3.8) is 0 Å². The molecule has 30 heavy (non-hydrogen) atoms. The molecule has 1 heterocycles. The van der Waals surface area contributed by atoms with E-state index in [1.165, 1.54) is 24.3 Å². The van der Waals surface area contributed by atoms with E-state index >= 15 is 0 Å². The average Bonchev–Trinajstić information content (AvgIpc) is 2.70. The van der Waals surface area contributed by atoms with Crippen molar-refractivity contribution in [2.75, 3.05) is 0 Å². The first-order valence-corrected chi connectivity index (χ1v) is 10.2. The summed E-state index contributed by atoms with van der Waals surface area (Å²) in [5.41, 5.74) is -0.728. The summed E-state index contributed by atoms with van der Waals surface area (Å²) in [5, 5.41) is 0.0647. The molecule has 0 fully saturated rings. The normalized spacial score (nSPS) is 11.1. The molecule has 3 aromatic rings. The number of hydrogen-bond donors (Lipinski definition) is 0. The van der Waals surface area contributed by atoms with E-state index in [-0.39, 0.29) is 11.1 Å². The summed E-state index contributed by atoms with van der Waals surface area (Å²) in [7, 11) is 0. The molecule has 0 atom stereocenters. The summed E-state index contributed by atoms with van der Waals surface area (Å²) in [4.78, 5) is 24.8. The van der Waals surface area contributed by atoms with Crippen LogP contribution >= 0.6 is 0 Å². The summed E-state index contributed by atoms with van der Waals surface area (Å²) < 4.78 is 39.3. The topological polar surface area (TPSA) is 56.5 Å². The standard InChI is InChI=1S/C24H24F2O4/c1-3-5-6-8-17-13-16-10-12-19(22(26)21(16)24(28)30-17)23(27)29-18-11-9-15(7-4-2)20(25)14-18/h9-14H,3-8H2,1-2H3. The first kappa shape index (κ1) is 21.7. The van der Waals surface area contributed by atoms with Gasteiger partial charge in [0.15, 0.2) is 5.82 Å². The third kappa shape index (κ3) is 4.75. The molecule has 0 amide bonds.